The van der Waals surface area contributed by atoms with E-state index in [2.05, 4.69) is 57.5 Å². The quantitative estimate of drug-likeness (QED) is 0.254. The van der Waals surface area contributed by atoms with Gasteiger partial charge in [0.2, 0.25) is 0 Å². The minimum Gasteiger partial charge on any atom is -0.489 e. The fourth-order valence-corrected chi connectivity index (χ4v) is 5.39. The van der Waals surface area contributed by atoms with Gasteiger partial charge in [0.05, 0.1) is 35.5 Å². The molecular formula is C28H33N9O2. The van der Waals surface area contributed by atoms with Gasteiger partial charge in [-0.05, 0) is 61.0 Å². The van der Waals surface area contributed by atoms with E-state index in [9.17, 15) is 4.79 Å². The molecule has 1 saturated heterocycles. The number of hydrogen-bond donors (Lipinski definition) is 1. The molecular weight excluding hydrogens is 494 g/mol. The molecule has 1 saturated carbocycles. The van der Waals surface area contributed by atoms with Crippen LogP contribution in [0, 0.1) is 5.92 Å². The Morgan fingerprint density at radius 1 is 1.31 bits per heavy atom. The molecule has 2 atom stereocenters. The average molecular weight is 528 g/mol. The molecule has 1 N–H and O–H groups in total. The number of hydrogen-bond acceptors (Lipinski definition) is 8. The maximum atomic E-state index is 13.5. The second kappa shape index (κ2) is 10.5. The van der Waals surface area contributed by atoms with Gasteiger partial charge in [-0.1, -0.05) is 25.8 Å². The third-order valence-electron chi connectivity index (χ3n) is 7.81. The molecule has 2 aliphatic heterocycles. The number of amides is 1. The largest absolute Gasteiger partial charge is 0.489 e. The van der Waals surface area contributed by atoms with Crippen LogP contribution in [0.5, 0.6) is 5.75 Å². The summed E-state index contributed by atoms with van der Waals surface area (Å²) in [5.74, 6) is 1.99. The second-order valence-electron chi connectivity index (χ2n) is 10.3. The minimum atomic E-state index is -0.384. The molecule has 11 heteroatoms. The van der Waals surface area contributed by atoms with Crippen LogP contribution in [0.3, 0.4) is 0 Å². The third-order valence-corrected chi connectivity index (χ3v) is 7.81. The normalized spacial score (nSPS) is 20.6. The summed E-state index contributed by atoms with van der Waals surface area (Å²) < 4.78 is 9.70. The Labute approximate surface area is 227 Å². The van der Waals surface area contributed by atoms with Crippen molar-refractivity contribution in [1.29, 1.82) is 0 Å². The number of fused-ring (bicyclic) bond motifs is 3. The van der Waals surface area contributed by atoms with Crippen molar-refractivity contribution in [3.05, 3.63) is 53.9 Å². The van der Waals surface area contributed by atoms with Crippen LogP contribution < -0.4 is 10.1 Å². The predicted octanol–water partition coefficient (Wildman–Crippen LogP) is 3.95. The number of ether oxygens (including phenoxy) is 1. The number of imidazole rings is 1. The first kappa shape index (κ1) is 25.0. The lowest BCUT2D eigenvalue weighted by molar-refractivity contribution is -0.112. The zero-order valence-electron chi connectivity index (χ0n) is 22.4. The van der Waals surface area contributed by atoms with Gasteiger partial charge in [0.1, 0.15) is 12.3 Å². The molecule has 3 aliphatic rings. The number of nitrogens with one attached hydrogen (secondary N) is 1. The summed E-state index contributed by atoms with van der Waals surface area (Å²) in [4.78, 5) is 24.7. The van der Waals surface area contributed by atoms with Crippen LogP contribution in [0.4, 0.5) is 5.69 Å². The van der Waals surface area contributed by atoms with Crippen molar-refractivity contribution in [1.82, 2.24) is 34.7 Å². The molecule has 2 aromatic heterocycles. The maximum absolute atomic E-state index is 13.5. The molecule has 1 amide bonds. The highest BCUT2D eigenvalue weighted by Gasteiger charge is 2.39. The molecule has 1 aliphatic carbocycles. The van der Waals surface area contributed by atoms with Crippen LogP contribution in [0.25, 0.3) is 17.1 Å². The van der Waals surface area contributed by atoms with Crippen molar-refractivity contribution in [2.45, 2.75) is 52.0 Å². The Kier molecular flexibility index (Phi) is 6.72. The van der Waals surface area contributed by atoms with Gasteiger partial charge in [0, 0.05) is 30.9 Å². The lowest BCUT2D eigenvalue weighted by Crippen LogP contribution is -2.36. The van der Waals surface area contributed by atoms with E-state index < -0.39 is 0 Å². The second-order valence-corrected chi connectivity index (χ2v) is 10.3. The first-order valence-electron chi connectivity index (χ1n) is 13.6. The van der Waals surface area contributed by atoms with Crippen LogP contribution in [0.1, 0.15) is 51.1 Å². The molecule has 3 aromatic rings. The standard InChI is InChI=1S/C28H33N9O2/c1-4-7-19-14-21(19)24-16-36(17-30-24)25(18(2)35-10-6-11-35)15-23(29-3)28(38)31-22-9-5-8-20-26(22)39-13-12-37-27(20)32-33-34-37/h5,8-9,15-17,19,21H,3-4,6-7,10-14H2,1-2H3,(H,31,38)/b23-15-,25-18-. The number of para-hydroxylation sites is 1. The summed E-state index contributed by atoms with van der Waals surface area (Å²) in [5, 5.41) is 14.9. The third kappa shape index (κ3) is 4.84. The van der Waals surface area contributed by atoms with Crippen molar-refractivity contribution < 1.29 is 9.53 Å². The maximum Gasteiger partial charge on any atom is 0.274 e. The molecule has 2 unspecified atom stereocenters. The highest BCUT2D eigenvalue weighted by Crippen LogP contribution is 2.49. The lowest BCUT2D eigenvalue weighted by Gasteiger charge is -2.35. The number of likely N-dealkylation sites (tertiary alicyclic amines) is 1. The monoisotopic (exact) mass is 527 g/mol. The molecule has 4 heterocycles. The van der Waals surface area contributed by atoms with E-state index in [1.165, 1.54) is 19.3 Å². The van der Waals surface area contributed by atoms with Crippen molar-refractivity contribution in [2.24, 2.45) is 10.9 Å². The average Bonchev–Trinajstić information content (AvgIpc) is 3.31. The number of tetrazole rings is 1. The summed E-state index contributed by atoms with van der Waals surface area (Å²) in [7, 11) is 0. The summed E-state index contributed by atoms with van der Waals surface area (Å²) in [5.41, 5.74) is 4.49. The Balaban J connectivity index is 1.30. The van der Waals surface area contributed by atoms with Gasteiger partial charge < -0.3 is 19.5 Å². The number of carbonyl (C=O) groups excluding carboxylic acids is 1. The predicted molar refractivity (Wildman–Crippen MR) is 148 cm³/mol. The van der Waals surface area contributed by atoms with Crippen LogP contribution >= 0.6 is 0 Å². The van der Waals surface area contributed by atoms with E-state index in [4.69, 9.17) is 9.72 Å². The topological polar surface area (TPSA) is 115 Å². The molecule has 202 valence electrons. The van der Waals surface area contributed by atoms with Crippen molar-refractivity contribution in [3.63, 3.8) is 0 Å². The van der Waals surface area contributed by atoms with Crippen LogP contribution in [0.2, 0.25) is 0 Å². The molecule has 11 nitrogen and oxygen atoms in total. The summed E-state index contributed by atoms with van der Waals surface area (Å²) >= 11 is 0. The number of benzene rings is 1. The number of anilines is 1. The Morgan fingerprint density at radius 3 is 2.95 bits per heavy atom. The Hall–Kier alpha value is -4.28. The van der Waals surface area contributed by atoms with Gasteiger partial charge in [-0.15, -0.1) is 5.10 Å². The molecule has 0 radical (unpaired) electrons. The zero-order chi connectivity index (χ0) is 26.9. The van der Waals surface area contributed by atoms with E-state index in [1.807, 2.05) is 23.0 Å². The van der Waals surface area contributed by atoms with E-state index in [0.717, 1.165) is 42.5 Å². The number of carbonyl (C=O) groups is 1. The van der Waals surface area contributed by atoms with Gasteiger partial charge in [0.15, 0.2) is 11.6 Å². The first-order chi connectivity index (χ1) is 19.1. The van der Waals surface area contributed by atoms with Gasteiger partial charge in [-0.2, -0.15) is 0 Å². The van der Waals surface area contributed by atoms with Gasteiger partial charge in [-0.25, -0.2) is 9.67 Å². The van der Waals surface area contributed by atoms with E-state index in [1.54, 1.807) is 16.8 Å². The zero-order valence-corrected chi connectivity index (χ0v) is 22.4. The van der Waals surface area contributed by atoms with E-state index in [0.29, 0.717) is 41.9 Å². The highest BCUT2D eigenvalue weighted by molar-refractivity contribution is 6.06. The number of rotatable bonds is 9. The van der Waals surface area contributed by atoms with Gasteiger partial charge >= 0.3 is 0 Å². The molecule has 2 fully saturated rings. The van der Waals surface area contributed by atoms with Crippen LogP contribution in [-0.4, -0.2) is 67.0 Å². The van der Waals surface area contributed by atoms with Crippen molar-refractivity contribution in [2.75, 3.05) is 25.0 Å². The summed E-state index contributed by atoms with van der Waals surface area (Å²) in [6.07, 6.45) is 10.5. The van der Waals surface area contributed by atoms with Crippen LogP contribution in [-0.2, 0) is 11.3 Å². The van der Waals surface area contributed by atoms with E-state index in [-0.39, 0.29) is 11.6 Å². The number of allylic oxidation sites excluding steroid dienone is 3. The Morgan fingerprint density at radius 2 is 2.18 bits per heavy atom. The fourth-order valence-electron chi connectivity index (χ4n) is 5.39. The molecule has 0 spiro atoms. The van der Waals surface area contributed by atoms with Gasteiger partial charge in [-0.3, -0.25) is 9.79 Å². The van der Waals surface area contributed by atoms with Gasteiger partial charge in [0.25, 0.3) is 5.91 Å². The SMILES string of the molecule is C=N/C(=C\C(=C(/C)N1CCC1)n1cnc(C2CC2CCC)c1)C(=O)Nc1cccc2c1OCCn1nnnc1-2. The number of aliphatic imine (C=N–C) groups is 1. The van der Waals surface area contributed by atoms with Crippen LogP contribution in [0.15, 0.2) is 53.2 Å². The lowest BCUT2D eigenvalue weighted by atomic mass is 10.1. The summed E-state index contributed by atoms with van der Waals surface area (Å²) in [6, 6.07) is 5.51. The molecule has 1 aromatic carbocycles. The highest BCUT2D eigenvalue weighted by atomic mass is 16.5. The van der Waals surface area contributed by atoms with Crippen molar-refractivity contribution >= 4 is 24.0 Å². The smallest absolute Gasteiger partial charge is 0.274 e. The number of nitrogens with zero attached hydrogens (tertiary/aromatic N) is 8. The summed E-state index contributed by atoms with van der Waals surface area (Å²) in [6.45, 7) is 10.9. The molecule has 0 bridgehead atoms. The number of aromatic nitrogens is 6. The minimum absolute atomic E-state index is 0.200. The fraction of sp³-hybridized carbons (Fsp3) is 0.429. The van der Waals surface area contributed by atoms with Crippen molar-refractivity contribution in [3.8, 4) is 17.1 Å². The van der Waals surface area contributed by atoms with E-state index >= 15 is 0 Å². The first-order valence-corrected chi connectivity index (χ1v) is 13.6. The Bertz CT molecular complexity index is 1460. The molecule has 39 heavy (non-hydrogen) atoms. The molecule has 6 rings (SSSR count).